The van der Waals surface area contributed by atoms with Gasteiger partial charge in [-0.15, -0.1) is 0 Å². The van der Waals surface area contributed by atoms with E-state index in [2.05, 4.69) is 10.3 Å². The van der Waals surface area contributed by atoms with Crippen LogP contribution in [0, 0.1) is 17.8 Å². The van der Waals surface area contributed by atoms with Gasteiger partial charge in [0.2, 0.25) is 5.88 Å². The molecule has 2 aliphatic carbocycles. The van der Waals surface area contributed by atoms with Crippen molar-refractivity contribution in [3.05, 3.63) is 12.1 Å². The van der Waals surface area contributed by atoms with Crippen LogP contribution in [-0.4, -0.2) is 18.6 Å². The number of aromatic nitrogens is 1. The normalized spacial score (nSPS) is 29.5. The van der Waals surface area contributed by atoms with Crippen LogP contribution in [0.3, 0.4) is 0 Å². The monoisotopic (exact) mass is 247 g/mol. The maximum absolute atomic E-state index is 5.92. The number of anilines is 2. The summed E-state index contributed by atoms with van der Waals surface area (Å²) in [5.41, 5.74) is 6.62. The van der Waals surface area contributed by atoms with Gasteiger partial charge in [0.15, 0.2) is 5.82 Å². The smallest absolute Gasteiger partial charge is 0.215 e. The van der Waals surface area contributed by atoms with E-state index in [1.807, 2.05) is 6.07 Å². The van der Waals surface area contributed by atoms with Crippen molar-refractivity contribution < 1.29 is 4.74 Å². The van der Waals surface area contributed by atoms with Crippen LogP contribution in [0.15, 0.2) is 12.1 Å². The number of pyridine rings is 1. The Morgan fingerprint density at radius 2 is 2.28 bits per heavy atom. The minimum atomic E-state index is 0.611. The molecular formula is C14H21N3O. The zero-order valence-corrected chi connectivity index (χ0v) is 10.9. The van der Waals surface area contributed by atoms with Gasteiger partial charge in [0.1, 0.15) is 0 Å². The van der Waals surface area contributed by atoms with Gasteiger partial charge in [0.05, 0.1) is 12.8 Å². The number of hydrogen-bond acceptors (Lipinski definition) is 4. The molecule has 2 bridgehead atoms. The molecule has 0 amide bonds. The SMILES string of the molecule is COc1ccc(N)c(NCC2CC3CCC2C3)n1. The maximum Gasteiger partial charge on any atom is 0.215 e. The first-order chi connectivity index (χ1) is 8.76. The highest BCUT2D eigenvalue weighted by Crippen LogP contribution is 2.48. The molecule has 1 aromatic heterocycles. The molecule has 1 aromatic rings. The second kappa shape index (κ2) is 4.67. The summed E-state index contributed by atoms with van der Waals surface area (Å²) in [6, 6.07) is 3.63. The van der Waals surface area contributed by atoms with E-state index >= 15 is 0 Å². The molecule has 4 heteroatoms. The molecule has 3 atom stereocenters. The number of fused-ring (bicyclic) bond motifs is 2. The second-order valence-electron chi connectivity index (χ2n) is 5.61. The molecule has 3 unspecified atom stereocenters. The highest BCUT2D eigenvalue weighted by Gasteiger charge is 2.39. The fourth-order valence-corrected chi connectivity index (χ4v) is 3.56. The number of nitrogens with one attached hydrogen (secondary N) is 1. The topological polar surface area (TPSA) is 60.2 Å². The molecule has 18 heavy (non-hydrogen) atoms. The highest BCUT2D eigenvalue weighted by atomic mass is 16.5. The van der Waals surface area contributed by atoms with Gasteiger partial charge in [-0.1, -0.05) is 6.42 Å². The van der Waals surface area contributed by atoms with Crippen LogP contribution in [0.4, 0.5) is 11.5 Å². The minimum Gasteiger partial charge on any atom is -0.481 e. The van der Waals surface area contributed by atoms with Crippen LogP contribution >= 0.6 is 0 Å². The summed E-state index contributed by atoms with van der Waals surface area (Å²) in [6.07, 6.45) is 5.67. The van der Waals surface area contributed by atoms with Crippen molar-refractivity contribution in [1.82, 2.24) is 4.98 Å². The zero-order chi connectivity index (χ0) is 12.5. The van der Waals surface area contributed by atoms with Crippen LogP contribution < -0.4 is 15.8 Å². The molecule has 2 fully saturated rings. The summed E-state index contributed by atoms with van der Waals surface area (Å²) < 4.78 is 5.12. The average molecular weight is 247 g/mol. The lowest BCUT2D eigenvalue weighted by molar-refractivity contribution is 0.348. The first-order valence-corrected chi connectivity index (χ1v) is 6.80. The number of rotatable bonds is 4. The predicted octanol–water partition coefficient (Wildman–Crippen LogP) is 2.52. The summed E-state index contributed by atoms with van der Waals surface area (Å²) in [4.78, 5) is 4.36. The van der Waals surface area contributed by atoms with Gasteiger partial charge >= 0.3 is 0 Å². The predicted molar refractivity (Wildman–Crippen MR) is 72.6 cm³/mol. The third-order valence-corrected chi connectivity index (χ3v) is 4.53. The molecule has 2 aliphatic rings. The maximum atomic E-state index is 5.92. The Kier molecular flexibility index (Phi) is 3.02. The summed E-state index contributed by atoms with van der Waals surface area (Å²) in [5, 5.41) is 3.40. The van der Waals surface area contributed by atoms with Crippen molar-refractivity contribution in [3.8, 4) is 5.88 Å². The second-order valence-corrected chi connectivity index (χ2v) is 5.61. The van der Waals surface area contributed by atoms with Crippen LogP contribution in [0.5, 0.6) is 5.88 Å². The Morgan fingerprint density at radius 1 is 1.39 bits per heavy atom. The quantitative estimate of drug-likeness (QED) is 0.858. The van der Waals surface area contributed by atoms with Crippen LogP contribution in [-0.2, 0) is 0 Å². The van der Waals surface area contributed by atoms with E-state index in [0.29, 0.717) is 11.6 Å². The van der Waals surface area contributed by atoms with Gasteiger partial charge in [-0.2, -0.15) is 4.98 Å². The molecule has 2 saturated carbocycles. The summed E-state index contributed by atoms with van der Waals surface area (Å²) in [6.45, 7) is 0.992. The van der Waals surface area contributed by atoms with Crippen molar-refractivity contribution in [2.75, 3.05) is 24.7 Å². The van der Waals surface area contributed by atoms with Gasteiger partial charge in [0, 0.05) is 12.6 Å². The number of nitrogens with zero attached hydrogens (tertiary/aromatic N) is 1. The molecule has 0 aliphatic heterocycles. The Labute approximate surface area is 108 Å². The fraction of sp³-hybridized carbons (Fsp3) is 0.643. The summed E-state index contributed by atoms with van der Waals surface area (Å²) >= 11 is 0. The molecular weight excluding hydrogens is 226 g/mol. The van der Waals surface area contributed by atoms with Gasteiger partial charge < -0.3 is 15.8 Å². The van der Waals surface area contributed by atoms with Crippen LogP contribution in [0.1, 0.15) is 25.7 Å². The average Bonchev–Trinajstić information content (AvgIpc) is 3.00. The molecule has 3 rings (SSSR count). The van der Waals surface area contributed by atoms with Crippen molar-refractivity contribution >= 4 is 11.5 Å². The lowest BCUT2D eigenvalue weighted by Crippen LogP contribution is -2.21. The van der Waals surface area contributed by atoms with E-state index in [9.17, 15) is 0 Å². The zero-order valence-electron chi connectivity index (χ0n) is 10.9. The van der Waals surface area contributed by atoms with Gasteiger partial charge in [-0.25, -0.2) is 0 Å². The van der Waals surface area contributed by atoms with Crippen LogP contribution in [0.2, 0.25) is 0 Å². The first kappa shape index (κ1) is 11.6. The third kappa shape index (κ3) is 2.11. The minimum absolute atomic E-state index is 0.611. The molecule has 98 valence electrons. The van der Waals surface area contributed by atoms with Crippen molar-refractivity contribution in [1.29, 1.82) is 0 Å². The molecule has 3 N–H and O–H groups in total. The molecule has 0 saturated heterocycles. The fourth-order valence-electron chi connectivity index (χ4n) is 3.56. The Morgan fingerprint density at radius 3 is 2.94 bits per heavy atom. The number of ether oxygens (including phenoxy) is 1. The van der Waals surface area contributed by atoms with E-state index in [-0.39, 0.29) is 0 Å². The lowest BCUT2D eigenvalue weighted by atomic mass is 9.89. The van der Waals surface area contributed by atoms with Crippen molar-refractivity contribution in [3.63, 3.8) is 0 Å². The molecule has 0 radical (unpaired) electrons. The van der Waals surface area contributed by atoms with E-state index in [0.717, 1.165) is 30.1 Å². The molecule has 0 spiro atoms. The number of hydrogen-bond donors (Lipinski definition) is 2. The number of nitrogens with two attached hydrogens (primary N) is 1. The summed E-state index contributed by atoms with van der Waals surface area (Å²) in [7, 11) is 1.62. The van der Waals surface area contributed by atoms with Gasteiger partial charge in [0.25, 0.3) is 0 Å². The number of nitrogen functional groups attached to an aromatic ring is 1. The number of methoxy groups -OCH3 is 1. The van der Waals surface area contributed by atoms with E-state index in [1.54, 1.807) is 13.2 Å². The lowest BCUT2D eigenvalue weighted by Gasteiger charge is -2.22. The van der Waals surface area contributed by atoms with Gasteiger partial charge in [-0.3, -0.25) is 0 Å². The largest absolute Gasteiger partial charge is 0.481 e. The third-order valence-electron chi connectivity index (χ3n) is 4.53. The van der Waals surface area contributed by atoms with Gasteiger partial charge in [-0.05, 0) is 43.1 Å². The molecule has 4 nitrogen and oxygen atoms in total. The summed E-state index contributed by atoms with van der Waals surface area (Å²) in [5.74, 6) is 4.08. The Hall–Kier alpha value is -1.45. The Bertz CT molecular complexity index is 435. The van der Waals surface area contributed by atoms with E-state index in [4.69, 9.17) is 10.5 Å². The molecule has 0 aromatic carbocycles. The van der Waals surface area contributed by atoms with Crippen LogP contribution in [0.25, 0.3) is 0 Å². The first-order valence-electron chi connectivity index (χ1n) is 6.80. The van der Waals surface area contributed by atoms with Crippen molar-refractivity contribution in [2.24, 2.45) is 17.8 Å². The van der Waals surface area contributed by atoms with E-state index in [1.165, 1.54) is 25.7 Å². The van der Waals surface area contributed by atoms with Crippen molar-refractivity contribution in [2.45, 2.75) is 25.7 Å². The highest BCUT2D eigenvalue weighted by molar-refractivity contribution is 5.61. The Balaban J connectivity index is 1.62. The standard InChI is InChI=1S/C14H21N3O/c1-18-13-5-4-12(15)14(17-13)16-8-11-7-9-2-3-10(11)6-9/h4-5,9-11H,2-3,6-8,15H2,1H3,(H,16,17). The van der Waals surface area contributed by atoms with E-state index < -0.39 is 0 Å². The molecule has 1 heterocycles.